The van der Waals surface area contributed by atoms with E-state index in [9.17, 15) is 19.8 Å². The van der Waals surface area contributed by atoms with Crippen LogP contribution in [0.15, 0.2) is 69.9 Å². The molecule has 2 heterocycles. The summed E-state index contributed by atoms with van der Waals surface area (Å²) >= 11 is 0. The van der Waals surface area contributed by atoms with Crippen molar-refractivity contribution in [1.29, 1.82) is 0 Å². The minimum Gasteiger partial charge on any atom is -0.390 e. The van der Waals surface area contributed by atoms with Gasteiger partial charge < -0.3 is 19.7 Å². The number of hydrogen-bond acceptors (Lipinski definition) is 6. The van der Waals surface area contributed by atoms with E-state index in [1.807, 2.05) is 65.8 Å². The van der Waals surface area contributed by atoms with E-state index in [2.05, 4.69) is 6.58 Å². The lowest BCUT2D eigenvalue weighted by Gasteiger charge is -2.45. The highest BCUT2D eigenvalue weighted by Gasteiger charge is 2.74. The number of aliphatic hydroxyl groups excluding tert-OH is 2. The Balaban J connectivity index is 1.66. The maximum Gasteiger partial charge on any atom is 0.194 e. The van der Waals surface area contributed by atoms with Gasteiger partial charge in [-0.15, -0.1) is 0 Å². The number of Topliss-reactive ketones (excluding diaryl/α,β-unsaturated/α-hetero) is 2. The van der Waals surface area contributed by atoms with Crippen molar-refractivity contribution >= 4 is 11.6 Å². The van der Waals surface area contributed by atoms with E-state index in [1.165, 1.54) is 0 Å². The lowest BCUT2D eigenvalue weighted by atomic mass is 9.56. The smallest absolute Gasteiger partial charge is 0.194 e. The molecule has 0 aromatic heterocycles. The summed E-state index contributed by atoms with van der Waals surface area (Å²) < 4.78 is 11.9. The van der Waals surface area contributed by atoms with Crippen LogP contribution in [0.3, 0.4) is 0 Å². The molecule has 2 aliphatic heterocycles. The van der Waals surface area contributed by atoms with Gasteiger partial charge in [-0.25, -0.2) is 0 Å². The zero-order valence-electron chi connectivity index (χ0n) is 23.4. The molecule has 38 heavy (non-hydrogen) atoms. The van der Waals surface area contributed by atoms with Crippen molar-refractivity contribution in [3.8, 4) is 0 Å². The predicted molar refractivity (Wildman–Crippen MR) is 145 cm³/mol. The Bertz CT molecular complexity index is 1270. The van der Waals surface area contributed by atoms with Crippen LogP contribution in [0.1, 0.15) is 73.6 Å². The number of ketones is 2. The molecule has 6 heteroatoms. The fourth-order valence-electron chi connectivity index (χ4n) is 6.91. The lowest BCUT2D eigenvalue weighted by molar-refractivity contribution is -0.135. The number of fused-ring (bicyclic) bond motifs is 2. The molecule has 7 atom stereocenters. The highest BCUT2D eigenvalue weighted by atomic mass is 16.6. The summed E-state index contributed by atoms with van der Waals surface area (Å²) in [4.78, 5) is 28.5. The second-order valence-electron chi connectivity index (χ2n) is 12.6. The van der Waals surface area contributed by atoms with Gasteiger partial charge in [-0.3, -0.25) is 9.59 Å². The molecule has 0 aromatic rings. The van der Waals surface area contributed by atoms with Gasteiger partial charge in [-0.1, -0.05) is 53.2 Å². The lowest BCUT2D eigenvalue weighted by Crippen LogP contribution is -2.53. The number of allylic oxidation sites excluding steroid dienone is 8. The molecule has 2 saturated carbocycles. The number of rotatable bonds is 5. The highest BCUT2D eigenvalue weighted by molar-refractivity contribution is 6.08. The Hall–Kier alpha value is -2.38. The van der Waals surface area contributed by atoms with Gasteiger partial charge in [0.25, 0.3) is 0 Å². The van der Waals surface area contributed by atoms with Crippen molar-refractivity contribution in [2.24, 2.45) is 5.41 Å². The Kier molecular flexibility index (Phi) is 6.50. The van der Waals surface area contributed by atoms with Crippen LogP contribution in [0.4, 0.5) is 0 Å². The second-order valence-corrected chi connectivity index (χ2v) is 12.6. The average Bonchev–Trinajstić information content (AvgIpc) is 3.73. The van der Waals surface area contributed by atoms with Gasteiger partial charge in [0.15, 0.2) is 22.8 Å². The van der Waals surface area contributed by atoms with Gasteiger partial charge in [-0.2, -0.15) is 0 Å². The van der Waals surface area contributed by atoms with Gasteiger partial charge >= 0.3 is 0 Å². The summed E-state index contributed by atoms with van der Waals surface area (Å²) in [6.07, 6.45) is 6.79. The molecule has 3 aliphatic carbocycles. The summed E-state index contributed by atoms with van der Waals surface area (Å²) in [6, 6.07) is 0. The molecular weight excluding hydrogens is 480 g/mol. The first-order valence-electron chi connectivity index (χ1n) is 13.6. The van der Waals surface area contributed by atoms with Gasteiger partial charge in [0.05, 0.1) is 17.6 Å². The molecule has 5 aliphatic rings. The Morgan fingerprint density at radius 1 is 1.00 bits per heavy atom. The fraction of sp³-hybridized carbons (Fsp3) is 0.562. The van der Waals surface area contributed by atoms with Crippen molar-refractivity contribution in [2.45, 2.75) is 109 Å². The number of ether oxygens (including phenoxy) is 2. The fourth-order valence-corrected chi connectivity index (χ4v) is 6.91. The molecule has 2 saturated heterocycles. The standard InChI is InChI=1S/C32H40O6/c1-17(2)8-10-31-26(35)22(14-24(33)27(31)37-31)21-13-20(7)15-30(23(21)12-19(5)6)16-25(34)28-32(38-28,29(30)36)11-9-18(3)4/h8-9,12-13,24-25,27-28,33-34H,5,10-11,14-16H2,1-4,6-7H3/b22-21-,23-12?/t24-,25-,27-,28-,30+,31+,32-/m0/s1. The van der Waals surface area contributed by atoms with Crippen molar-refractivity contribution in [2.75, 3.05) is 0 Å². The minimum absolute atomic E-state index is 0.0422. The third kappa shape index (κ3) is 4.08. The SMILES string of the molecule is C=C(C)C=C1/C(=C2/C[C@H](O)[C@@H]3O[C@]3(CC=C(C)C)C2=O)C=C(C)C[C@@]12C[C@H](O)[C@@H]1O[C@]1(CC=C(C)C)C2=O. The first-order valence-corrected chi connectivity index (χ1v) is 13.6. The zero-order valence-corrected chi connectivity index (χ0v) is 23.4. The summed E-state index contributed by atoms with van der Waals surface area (Å²) in [6.45, 7) is 15.8. The van der Waals surface area contributed by atoms with E-state index in [-0.39, 0.29) is 24.4 Å². The van der Waals surface area contributed by atoms with Gasteiger partial charge in [0.2, 0.25) is 0 Å². The normalized spacial score (nSPS) is 42.3. The summed E-state index contributed by atoms with van der Waals surface area (Å²) in [5.74, 6) is -0.169. The van der Waals surface area contributed by atoms with E-state index >= 15 is 0 Å². The minimum atomic E-state index is -1.07. The molecule has 6 nitrogen and oxygen atoms in total. The molecule has 4 fully saturated rings. The third-order valence-corrected chi connectivity index (χ3v) is 8.75. The topological polar surface area (TPSA) is 99.7 Å². The molecule has 2 N–H and O–H groups in total. The van der Waals surface area contributed by atoms with Crippen LogP contribution in [0.25, 0.3) is 0 Å². The molecule has 0 bridgehead atoms. The third-order valence-electron chi connectivity index (χ3n) is 8.75. The Morgan fingerprint density at radius 3 is 2.18 bits per heavy atom. The van der Waals surface area contributed by atoms with E-state index in [4.69, 9.17) is 9.47 Å². The average molecular weight is 521 g/mol. The van der Waals surface area contributed by atoms with Crippen molar-refractivity contribution < 1.29 is 29.3 Å². The molecule has 0 unspecified atom stereocenters. The maximum atomic E-state index is 14.5. The molecule has 204 valence electrons. The summed E-state index contributed by atoms with van der Waals surface area (Å²) in [5.41, 5.74) is 2.50. The van der Waals surface area contributed by atoms with Crippen LogP contribution < -0.4 is 0 Å². The number of carbonyl (C=O) groups excluding carboxylic acids is 2. The molecule has 0 amide bonds. The van der Waals surface area contributed by atoms with Gasteiger partial charge in [0.1, 0.15) is 12.2 Å². The zero-order chi connectivity index (χ0) is 27.8. The van der Waals surface area contributed by atoms with Crippen LogP contribution in [0, 0.1) is 5.41 Å². The maximum absolute atomic E-state index is 14.5. The first-order chi connectivity index (χ1) is 17.8. The Labute approximate surface area is 225 Å². The second kappa shape index (κ2) is 9.09. The summed E-state index contributed by atoms with van der Waals surface area (Å²) in [5, 5.41) is 22.2. The monoisotopic (exact) mass is 520 g/mol. The van der Waals surface area contributed by atoms with Gasteiger partial charge in [-0.05, 0) is 65.5 Å². The van der Waals surface area contributed by atoms with Crippen molar-refractivity contribution in [3.05, 3.63) is 69.9 Å². The first kappa shape index (κ1) is 27.2. The number of aliphatic hydroxyl groups is 2. The van der Waals surface area contributed by atoms with E-state index in [0.717, 1.165) is 22.3 Å². The quantitative estimate of drug-likeness (QED) is 0.308. The summed E-state index contributed by atoms with van der Waals surface area (Å²) in [7, 11) is 0. The van der Waals surface area contributed by atoms with Crippen LogP contribution in [0.2, 0.25) is 0 Å². The highest BCUT2D eigenvalue weighted by Crippen LogP contribution is 2.62. The molecule has 0 aromatic carbocycles. The van der Waals surface area contributed by atoms with Crippen molar-refractivity contribution in [3.63, 3.8) is 0 Å². The van der Waals surface area contributed by atoms with E-state index < -0.39 is 41.0 Å². The largest absolute Gasteiger partial charge is 0.390 e. The molecule has 5 rings (SSSR count). The molecule has 0 radical (unpaired) electrons. The van der Waals surface area contributed by atoms with Gasteiger partial charge in [0, 0.05) is 24.8 Å². The number of carbonyl (C=O) groups is 2. The predicted octanol–water partition coefficient (Wildman–Crippen LogP) is 4.78. The molecular formula is C32H40O6. The van der Waals surface area contributed by atoms with Crippen LogP contribution in [0.5, 0.6) is 0 Å². The van der Waals surface area contributed by atoms with Crippen LogP contribution in [-0.4, -0.2) is 57.4 Å². The number of epoxide rings is 2. The number of hydrogen-bond donors (Lipinski definition) is 2. The van der Waals surface area contributed by atoms with Crippen LogP contribution in [-0.2, 0) is 19.1 Å². The van der Waals surface area contributed by atoms with Crippen molar-refractivity contribution in [1.82, 2.24) is 0 Å². The van der Waals surface area contributed by atoms with E-state index in [1.54, 1.807) is 0 Å². The Morgan fingerprint density at radius 2 is 1.58 bits per heavy atom. The van der Waals surface area contributed by atoms with Crippen LogP contribution >= 0.6 is 0 Å². The molecule has 1 spiro atoms. The van der Waals surface area contributed by atoms with E-state index in [0.29, 0.717) is 36.0 Å².